The van der Waals surface area contributed by atoms with Crippen LogP contribution >= 0.6 is 0 Å². The molecule has 12 nitrogen and oxygen atoms in total. The molecule has 0 radical (unpaired) electrons. The normalized spacial score (nSPS) is 38.8. The molecule has 3 heterocycles. The summed E-state index contributed by atoms with van der Waals surface area (Å²) in [5, 5.41) is 71.4. The van der Waals surface area contributed by atoms with Crippen LogP contribution in [0, 0.1) is 0 Å². The van der Waals surface area contributed by atoms with E-state index in [2.05, 4.69) is 0 Å². The maximum absolute atomic E-state index is 11.3. The van der Waals surface area contributed by atoms with Crippen LogP contribution in [0.3, 0.4) is 0 Å². The number of benzene rings is 1. The first kappa shape index (κ1) is 25.0. The quantitative estimate of drug-likeness (QED) is 0.243. The molecule has 34 heavy (non-hydrogen) atoms. The second-order valence-electron chi connectivity index (χ2n) is 8.70. The van der Waals surface area contributed by atoms with E-state index in [1.807, 2.05) is 0 Å². The van der Waals surface area contributed by atoms with Crippen LogP contribution in [0.2, 0.25) is 0 Å². The summed E-state index contributed by atoms with van der Waals surface area (Å²) in [5.74, 6) is -1.04. The summed E-state index contributed by atoms with van der Waals surface area (Å²) >= 11 is 0. The van der Waals surface area contributed by atoms with Gasteiger partial charge >= 0.3 is 5.97 Å². The Hall–Kier alpha value is -2.13. The first-order chi connectivity index (χ1) is 16.1. The van der Waals surface area contributed by atoms with E-state index in [4.69, 9.17) is 14.2 Å². The second-order valence-corrected chi connectivity index (χ2v) is 8.70. The number of nitrogens with zero attached hydrogens (tertiary/aromatic N) is 1. The molecular weight excluding hydrogens is 454 g/mol. The van der Waals surface area contributed by atoms with E-state index in [0.717, 1.165) is 0 Å². The van der Waals surface area contributed by atoms with Gasteiger partial charge in [0.25, 0.3) is 0 Å². The molecule has 0 spiro atoms. The molecule has 12 heteroatoms. The summed E-state index contributed by atoms with van der Waals surface area (Å²) in [5.41, 5.74) is 1.04. The molecular formula is C22H29NO11. The average Bonchev–Trinajstić information content (AvgIpc) is 3.16. The number of ether oxygens (including phenoxy) is 3. The summed E-state index contributed by atoms with van der Waals surface area (Å²) in [6.45, 7) is 1.10. The van der Waals surface area contributed by atoms with Gasteiger partial charge in [-0.05, 0) is 18.6 Å². The number of carboxylic acid groups (broad SMARTS) is 1. The summed E-state index contributed by atoms with van der Waals surface area (Å²) in [6.07, 6.45) is -12.4. The van der Waals surface area contributed by atoms with Gasteiger partial charge in [0.2, 0.25) is 0 Å². The number of hydrogen-bond acceptors (Lipinski definition) is 10. The van der Waals surface area contributed by atoms with Gasteiger partial charge in [0.05, 0.1) is 24.6 Å². The van der Waals surface area contributed by atoms with E-state index in [0.29, 0.717) is 16.5 Å². The molecule has 0 saturated carbocycles. The Morgan fingerprint density at radius 3 is 2.32 bits per heavy atom. The third kappa shape index (κ3) is 4.56. The zero-order valence-corrected chi connectivity index (χ0v) is 18.3. The van der Waals surface area contributed by atoms with Crippen molar-refractivity contribution in [1.29, 1.82) is 0 Å². The number of rotatable bonds is 6. The van der Waals surface area contributed by atoms with Crippen LogP contribution in [-0.4, -0.2) is 108 Å². The summed E-state index contributed by atoms with van der Waals surface area (Å²) in [6, 6.07) is 6.91. The van der Waals surface area contributed by atoms with Crippen molar-refractivity contribution >= 4 is 16.9 Å². The predicted octanol–water partition coefficient (Wildman–Crippen LogP) is -1.91. The van der Waals surface area contributed by atoms with Crippen molar-refractivity contribution in [1.82, 2.24) is 4.57 Å². The van der Waals surface area contributed by atoms with E-state index in [1.54, 1.807) is 24.3 Å². The van der Waals surface area contributed by atoms with E-state index >= 15 is 0 Å². The zero-order valence-electron chi connectivity index (χ0n) is 18.3. The lowest BCUT2D eigenvalue weighted by Gasteiger charge is -2.43. The van der Waals surface area contributed by atoms with Gasteiger partial charge in [-0.25, -0.2) is 0 Å². The van der Waals surface area contributed by atoms with Gasteiger partial charge in [-0.15, -0.1) is 0 Å². The lowest BCUT2D eigenvalue weighted by atomic mass is 9.98. The molecule has 2 aromatic rings. The number of aromatic nitrogens is 1. The third-order valence-electron chi connectivity index (χ3n) is 6.36. The minimum atomic E-state index is -1.63. The van der Waals surface area contributed by atoms with E-state index < -0.39 is 67.3 Å². The minimum absolute atomic E-state index is 0.267. The molecule has 2 unspecified atom stereocenters. The summed E-state index contributed by atoms with van der Waals surface area (Å²) in [7, 11) is 0. The molecule has 2 fully saturated rings. The maximum Gasteiger partial charge on any atom is 0.307 e. The molecule has 4 rings (SSSR count). The molecule has 1 aromatic carbocycles. The smallest absolute Gasteiger partial charge is 0.307 e. The molecule has 2 aliphatic heterocycles. The zero-order chi connectivity index (χ0) is 24.7. The van der Waals surface area contributed by atoms with Crippen LogP contribution in [-0.2, 0) is 25.4 Å². The Bertz CT molecular complexity index is 1010. The van der Waals surface area contributed by atoms with Crippen LogP contribution in [0.25, 0.3) is 10.9 Å². The van der Waals surface area contributed by atoms with Crippen molar-refractivity contribution in [3.05, 3.63) is 36.0 Å². The van der Waals surface area contributed by atoms with Gasteiger partial charge in [0.1, 0.15) is 42.7 Å². The number of aliphatic hydroxyl groups is 6. The van der Waals surface area contributed by atoms with Gasteiger partial charge in [-0.3, -0.25) is 4.79 Å². The molecule has 0 bridgehead atoms. The van der Waals surface area contributed by atoms with Crippen LogP contribution < -0.4 is 0 Å². The number of aliphatic hydroxyl groups excluding tert-OH is 6. The van der Waals surface area contributed by atoms with Crippen LogP contribution in [0.1, 0.15) is 18.7 Å². The minimum Gasteiger partial charge on any atom is -0.481 e. The van der Waals surface area contributed by atoms with Crippen molar-refractivity contribution in [2.24, 2.45) is 0 Å². The number of hydrogen-bond donors (Lipinski definition) is 7. The fourth-order valence-corrected chi connectivity index (χ4v) is 4.43. The lowest BCUT2D eigenvalue weighted by molar-refractivity contribution is -0.311. The number of aliphatic carboxylic acids is 1. The first-order valence-corrected chi connectivity index (χ1v) is 10.9. The van der Waals surface area contributed by atoms with E-state index in [1.165, 1.54) is 17.7 Å². The largest absolute Gasteiger partial charge is 0.481 e. The van der Waals surface area contributed by atoms with Crippen molar-refractivity contribution in [2.75, 3.05) is 6.61 Å². The molecule has 7 N–H and O–H groups in total. The summed E-state index contributed by atoms with van der Waals surface area (Å²) < 4.78 is 18.2. The first-order valence-electron chi connectivity index (χ1n) is 10.9. The molecule has 2 saturated heterocycles. The highest BCUT2D eigenvalue weighted by atomic mass is 16.7. The number of fused-ring (bicyclic) bond motifs is 1. The number of carboxylic acids is 1. The van der Waals surface area contributed by atoms with Crippen LogP contribution in [0.15, 0.2) is 30.5 Å². The average molecular weight is 483 g/mol. The van der Waals surface area contributed by atoms with Crippen molar-refractivity contribution in [3.8, 4) is 0 Å². The van der Waals surface area contributed by atoms with Gasteiger partial charge < -0.3 is 54.5 Å². The van der Waals surface area contributed by atoms with Crippen molar-refractivity contribution < 1.29 is 54.8 Å². The number of para-hydroxylation sites is 1. The summed E-state index contributed by atoms with van der Waals surface area (Å²) in [4.78, 5) is 11.3. The highest BCUT2D eigenvalue weighted by Gasteiger charge is 2.47. The third-order valence-corrected chi connectivity index (χ3v) is 6.36. The molecule has 0 amide bonds. The maximum atomic E-state index is 11.3. The highest BCUT2D eigenvalue weighted by Crippen LogP contribution is 2.34. The van der Waals surface area contributed by atoms with Crippen molar-refractivity contribution in [3.63, 3.8) is 0 Å². The second kappa shape index (κ2) is 9.85. The lowest BCUT2D eigenvalue weighted by Crippen LogP contribution is -2.59. The fraction of sp³-hybridized carbons (Fsp3) is 0.591. The monoisotopic (exact) mass is 483 g/mol. The Morgan fingerprint density at radius 1 is 0.941 bits per heavy atom. The Kier molecular flexibility index (Phi) is 7.24. The highest BCUT2D eigenvalue weighted by molar-refractivity contribution is 5.87. The van der Waals surface area contributed by atoms with Crippen LogP contribution in [0.5, 0.6) is 0 Å². The fourth-order valence-electron chi connectivity index (χ4n) is 4.43. The molecule has 0 aliphatic carbocycles. The Labute approximate surface area is 194 Å². The van der Waals surface area contributed by atoms with Crippen molar-refractivity contribution in [2.45, 2.75) is 74.7 Å². The Morgan fingerprint density at radius 2 is 1.62 bits per heavy atom. The van der Waals surface area contributed by atoms with Gasteiger partial charge in [-0.1, -0.05) is 18.2 Å². The van der Waals surface area contributed by atoms with Gasteiger partial charge in [-0.2, -0.15) is 0 Å². The molecule has 188 valence electrons. The molecule has 1 aromatic heterocycles. The number of carbonyl (C=O) groups is 1. The Balaban J connectivity index is 1.56. The van der Waals surface area contributed by atoms with E-state index in [-0.39, 0.29) is 13.0 Å². The molecule has 2 aliphatic rings. The SMILES string of the molecule is C[C@H]1OC(OC[C@H]2OC(n3cc(CC(=O)O)c4ccccc43)[C@H](O)[C@@H](O)[C@@H]2O)[C@@H](O)[C@@H](O)[C@@H]1O. The van der Waals surface area contributed by atoms with Gasteiger partial charge in [0, 0.05) is 11.6 Å². The standard InChI is InChI=1S/C22H29NO11/c1-9-15(26)17(28)20(31)22(33-9)32-8-13-16(27)18(29)19(30)21(34-13)23-7-10(6-14(24)25)11-4-2-3-5-12(11)23/h2-5,7,9,13,15-22,26-31H,6,8H2,1H3,(H,24,25)/t9-,13-,15-,16-,17+,18+,19-,20+,21?,22?/m1/s1. The predicted molar refractivity (Wildman–Crippen MR) is 114 cm³/mol. The van der Waals surface area contributed by atoms with Crippen LogP contribution in [0.4, 0.5) is 0 Å². The van der Waals surface area contributed by atoms with E-state index in [9.17, 15) is 40.5 Å². The topological polar surface area (TPSA) is 191 Å². The molecule has 10 atom stereocenters. The van der Waals surface area contributed by atoms with Gasteiger partial charge in [0.15, 0.2) is 12.5 Å².